The largest absolute Gasteiger partial charge is 0.324 e. The molecule has 0 bridgehead atoms. The van der Waals surface area contributed by atoms with Crippen LogP contribution in [0.2, 0.25) is 0 Å². The van der Waals surface area contributed by atoms with Gasteiger partial charge in [0.2, 0.25) is 6.04 Å². The van der Waals surface area contributed by atoms with Gasteiger partial charge in [-0.3, -0.25) is 24.3 Å². The van der Waals surface area contributed by atoms with E-state index in [9.17, 15) is 28.1 Å². The summed E-state index contributed by atoms with van der Waals surface area (Å²) in [5, 5.41) is 20.8. The minimum atomic E-state index is -4.67. The van der Waals surface area contributed by atoms with Crippen LogP contribution < -0.4 is 5.32 Å². The van der Waals surface area contributed by atoms with E-state index in [4.69, 9.17) is 4.55 Å². The molecule has 1 unspecified atom stereocenters. The van der Waals surface area contributed by atoms with Crippen molar-refractivity contribution < 1.29 is 27.5 Å². The van der Waals surface area contributed by atoms with Crippen LogP contribution in [-0.4, -0.2) is 73.4 Å². The Labute approximate surface area is 201 Å². The van der Waals surface area contributed by atoms with E-state index >= 15 is 0 Å². The fourth-order valence-corrected chi connectivity index (χ4v) is 2.68. The molecular formula is C17H16CaN4O7S. The Bertz CT molecular complexity index is 1100. The number of azo groups is 1. The molecule has 0 aliphatic carbocycles. The van der Waals surface area contributed by atoms with E-state index in [0.29, 0.717) is 11.8 Å². The minimum absolute atomic E-state index is 0. The summed E-state index contributed by atoms with van der Waals surface area (Å²) in [5.74, 6) is -1.45. The molecule has 0 saturated carbocycles. The van der Waals surface area contributed by atoms with Crippen molar-refractivity contribution in [3.8, 4) is 0 Å². The van der Waals surface area contributed by atoms with Gasteiger partial charge in [0.05, 0.1) is 4.92 Å². The minimum Gasteiger partial charge on any atom is -0.324 e. The van der Waals surface area contributed by atoms with Crippen molar-refractivity contribution in [1.29, 1.82) is 0 Å². The monoisotopic (exact) mass is 460 g/mol. The van der Waals surface area contributed by atoms with E-state index in [2.05, 4.69) is 15.5 Å². The van der Waals surface area contributed by atoms with Crippen LogP contribution in [0.25, 0.3) is 0 Å². The topological polar surface area (TPSA) is 168 Å². The van der Waals surface area contributed by atoms with Gasteiger partial charge in [0, 0.05) is 49.5 Å². The molecule has 2 radical (unpaired) electrons. The zero-order valence-electron chi connectivity index (χ0n) is 16.0. The normalized spacial score (nSPS) is 12.1. The standard InChI is InChI=1S/C17H16N4O7S.Ca/c1-10-3-5-12(6-4-10)18-17(23)16(11(2)22)20-19-14-8-7-13(29(26,27)28)9-15(14)21(24)25;/h3-9,16H,1-2H3,(H,18,23)(H,26,27,28);. The summed E-state index contributed by atoms with van der Waals surface area (Å²) in [4.78, 5) is 33.7. The first-order valence-electron chi connectivity index (χ1n) is 8.04. The van der Waals surface area contributed by atoms with Gasteiger partial charge >= 0.3 is 0 Å². The summed E-state index contributed by atoms with van der Waals surface area (Å²) >= 11 is 0. The molecule has 0 aromatic heterocycles. The van der Waals surface area contributed by atoms with Gasteiger partial charge in [-0.05, 0) is 38.1 Å². The maximum absolute atomic E-state index is 12.3. The number of nitrogens with zero attached hydrogens (tertiary/aromatic N) is 3. The van der Waals surface area contributed by atoms with Crippen molar-refractivity contribution in [2.45, 2.75) is 24.8 Å². The fourth-order valence-electron chi connectivity index (χ4n) is 2.18. The molecule has 0 heterocycles. The second-order valence-electron chi connectivity index (χ2n) is 5.97. The van der Waals surface area contributed by atoms with Gasteiger partial charge in [0.15, 0.2) is 11.5 Å². The second kappa shape index (κ2) is 10.7. The fraction of sp³-hybridized carbons (Fsp3) is 0.176. The van der Waals surface area contributed by atoms with Crippen LogP contribution >= 0.6 is 0 Å². The SMILES string of the molecule is CC(=O)C(N=Nc1ccc(S(=O)(=O)O)cc1[N+](=O)[O-])C(=O)Nc1ccc(C)cc1.[Ca]. The maximum Gasteiger partial charge on any atom is 0.298 e. The third kappa shape index (κ3) is 6.92. The van der Waals surface area contributed by atoms with Gasteiger partial charge in [-0.15, -0.1) is 5.11 Å². The van der Waals surface area contributed by atoms with Crippen molar-refractivity contribution in [2.24, 2.45) is 10.2 Å². The molecular weight excluding hydrogens is 444 g/mol. The smallest absolute Gasteiger partial charge is 0.298 e. The quantitative estimate of drug-likeness (QED) is 0.160. The van der Waals surface area contributed by atoms with E-state index in [1.807, 2.05) is 6.92 Å². The van der Waals surface area contributed by atoms with Crippen molar-refractivity contribution in [2.75, 3.05) is 5.32 Å². The number of carbonyl (C=O) groups is 2. The molecule has 0 spiro atoms. The number of aryl methyl sites for hydroxylation is 1. The number of nitro groups is 1. The Hall–Kier alpha value is -2.25. The number of hydrogen-bond donors (Lipinski definition) is 2. The van der Waals surface area contributed by atoms with E-state index < -0.39 is 49.0 Å². The molecule has 13 heteroatoms. The molecule has 0 aliphatic rings. The Morgan fingerprint density at radius 1 is 1.17 bits per heavy atom. The van der Waals surface area contributed by atoms with Crippen LogP contribution in [0.4, 0.5) is 17.1 Å². The predicted molar refractivity (Wildman–Crippen MR) is 107 cm³/mol. The van der Waals surface area contributed by atoms with Crippen molar-refractivity contribution in [3.63, 3.8) is 0 Å². The number of amides is 1. The summed E-state index contributed by atoms with van der Waals surface area (Å²) in [6, 6.07) is 7.59. The van der Waals surface area contributed by atoms with Gasteiger partial charge in [0.25, 0.3) is 21.7 Å². The molecule has 11 nitrogen and oxygen atoms in total. The Morgan fingerprint density at radius 3 is 2.27 bits per heavy atom. The Morgan fingerprint density at radius 2 is 1.77 bits per heavy atom. The molecule has 0 saturated heterocycles. The number of anilines is 1. The number of Topliss-reactive ketones (excluding diaryl/α,β-unsaturated/α-hetero) is 1. The first kappa shape index (κ1) is 25.8. The van der Waals surface area contributed by atoms with Gasteiger partial charge < -0.3 is 5.32 Å². The molecule has 154 valence electrons. The molecule has 2 rings (SSSR count). The molecule has 0 aliphatic heterocycles. The second-order valence-corrected chi connectivity index (χ2v) is 7.39. The number of hydrogen-bond acceptors (Lipinski definition) is 8. The Kier molecular flexibility index (Phi) is 9.18. The zero-order valence-corrected chi connectivity index (χ0v) is 19.0. The third-order valence-corrected chi connectivity index (χ3v) is 4.52. The number of nitrogens with one attached hydrogen (secondary N) is 1. The van der Waals surface area contributed by atoms with Crippen LogP contribution in [0.1, 0.15) is 12.5 Å². The average Bonchev–Trinajstić information content (AvgIpc) is 2.62. The third-order valence-electron chi connectivity index (χ3n) is 3.67. The number of nitro benzene ring substituents is 1. The number of benzene rings is 2. The summed E-state index contributed by atoms with van der Waals surface area (Å²) in [7, 11) is -4.67. The first-order valence-corrected chi connectivity index (χ1v) is 9.48. The van der Waals surface area contributed by atoms with Crippen molar-refractivity contribution in [3.05, 3.63) is 58.1 Å². The van der Waals surface area contributed by atoms with E-state index in [1.165, 1.54) is 0 Å². The molecule has 0 fully saturated rings. The van der Waals surface area contributed by atoms with Gasteiger partial charge in [-0.2, -0.15) is 13.5 Å². The van der Waals surface area contributed by atoms with Crippen LogP contribution in [0, 0.1) is 17.0 Å². The van der Waals surface area contributed by atoms with Crippen LogP contribution in [-0.2, 0) is 19.7 Å². The summed E-state index contributed by atoms with van der Waals surface area (Å²) < 4.78 is 31.3. The molecule has 2 aromatic carbocycles. The molecule has 2 N–H and O–H groups in total. The average molecular weight is 460 g/mol. The summed E-state index contributed by atoms with van der Waals surface area (Å²) in [5.41, 5.74) is 0.221. The molecule has 1 amide bonds. The van der Waals surface area contributed by atoms with Crippen LogP contribution in [0.15, 0.2) is 57.6 Å². The van der Waals surface area contributed by atoms with E-state index in [1.54, 1.807) is 24.3 Å². The number of ketones is 1. The number of carbonyl (C=O) groups excluding carboxylic acids is 2. The summed E-state index contributed by atoms with van der Waals surface area (Å²) in [6.07, 6.45) is 0. The van der Waals surface area contributed by atoms with Crippen LogP contribution in [0.3, 0.4) is 0 Å². The van der Waals surface area contributed by atoms with E-state index in [0.717, 1.165) is 24.6 Å². The zero-order chi connectivity index (χ0) is 21.8. The summed E-state index contributed by atoms with van der Waals surface area (Å²) in [6.45, 7) is 2.96. The molecule has 2 aromatic rings. The van der Waals surface area contributed by atoms with Crippen molar-refractivity contribution >= 4 is 76.6 Å². The van der Waals surface area contributed by atoms with Gasteiger partial charge in [-0.25, -0.2) is 0 Å². The molecule has 30 heavy (non-hydrogen) atoms. The van der Waals surface area contributed by atoms with Crippen LogP contribution in [0.5, 0.6) is 0 Å². The molecule has 1 atom stereocenters. The predicted octanol–water partition coefficient (Wildman–Crippen LogP) is 2.45. The Balaban J connectivity index is 0.00000450. The maximum atomic E-state index is 12.3. The van der Waals surface area contributed by atoms with Gasteiger partial charge in [0.1, 0.15) is 4.90 Å². The number of rotatable bonds is 7. The van der Waals surface area contributed by atoms with E-state index in [-0.39, 0.29) is 37.7 Å². The van der Waals surface area contributed by atoms with Gasteiger partial charge in [-0.1, -0.05) is 17.7 Å². The first-order chi connectivity index (χ1) is 13.5. The van der Waals surface area contributed by atoms with Crippen molar-refractivity contribution in [1.82, 2.24) is 0 Å².